The molecule has 1 aromatic rings. The maximum absolute atomic E-state index is 8.65. The molecule has 0 saturated heterocycles. The standard InChI is InChI=1S/C12H17N3/c1-9-5-4-6-11(12(9)14)15(3)10(2)7-8-13/h4-6,10H,7,14H2,1-3H3. The molecule has 0 fully saturated rings. The van der Waals surface area contributed by atoms with Crippen molar-refractivity contribution >= 4 is 11.4 Å². The number of nitrogens with two attached hydrogens (primary N) is 1. The van der Waals surface area contributed by atoms with Gasteiger partial charge in [-0.1, -0.05) is 12.1 Å². The van der Waals surface area contributed by atoms with Gasteiger partial charge in [-0.25, -0.2) is 0 Å². The monoisotopic (exact) mass is 203 g/mol. The topological polar surface area (TPSA) is 53.0 Å². The summed E-state index contributed by atoms with van der Waals surface area (Å²) in [6, 6.07) is 8.30. The molecular weight excluding hydrogens is 186 g/mol. The third-order valence-corrected chi connectivity index (χ3v) is 2.73. The van der Waals surface area contributed by atoms with Crippen LogP contribution in [-0.4, -0.2) is 13.1 Å². The zero-order chi connectivity index (χ0) is 11.4. The summed E-state index contributed by atoms with van der Waals surface area (Å²) >= 11 is 0. The van der Waals surface area contributed by atoms with Gasteiger partial charge in [0.25, 0.3) is 0 Å². The highest BCUT2D eigenvalue weighted by Crippen LogP contribution is 2.26. The van der Waals surface area contributed by atoms with Crippen LogP contribution in [0.1, 0.15) is 18.9 Å². The van der Waals surface area contributed by atoms with E-state index in [-0.39, 0.29) is 6.04 Å². The summed E-state index contributed by atoms with van der Waals surface area (Å²) in [5, 5.41) is 8.65. The van der Waals surface area contributed by atoms with Gasteiger partial charge < -0.3 is 10.6 Å². The molecule has 3 heteroatoms. The Morgan fingerprint density at radius 1 is 1.53 bits per heavy atom. The number of hydrogen-bond donors (Lipinski definition) is 1. The Labute approximate surface area is 91.1 Å². The molecule has 1 rings (SSSR count). The number of nitrogens with zero attached hydrogens (tertiary/aromatic N) is 2. The summed E-state index contributed by atoms with van der Waals surface area (Å²) in [5.41, 5.74) is 8.86. The molecule has 2 N–H and O–H groups in total. The third-order valence-electron chi connectivity index (χ3n) is 2.73. The summed E-state index contributed by atoms with van der Waals surface area (Å²) in [6.45, 7) is 4.01. The summed E-state index contributed by atoms with van der Waals surface area (Å²) in [4.78, 5) is 2.05. The molecule has 1 unspecified atom stereocenters. The number of hydrogen-bond acceptors (Lipinski definition) is 3. The fraction of sp³-hybridized carbons (Fsp3) is 0.417. The van der Waals surface area contributed by atoms with Gasteiger partial charge in [-0.2, -0.15) is 5.26 Å². The Bertz CT molecular complexity index is 379. The lowest BCUT2D eigenvalue weighted by Crippen LogP contribution is -2.29. The molecule has 15 heavy (non-hydrogen) atoms. The number of rotatable bonds is 3. The average molecular weight is 203 g/mol. The number of nitrogen functional groups attached to an aromatic ring is 1. The van der Waals surface area contributed by atoms with Gasteiger partial charge in [0, 0.05) is 13.1 Å². The lowest BCUT2D eigenvalue weighted by molar-refractivity contribution is 0.703. The van der Waals surface area contributed by atoms with Crippen LogP contribution in [0, 0.1) is 18.3 Å². The quantitative estimate of drug-likeness (QED) is 0.767. The van der Waals surface area contributed by atoms with Crippen LogP contribution in [0.15, 0.2) is 18.2 Å². The lowest BCUT2D eigenvalue weighted by Gasteiger charge is -2.27. The van der Waals surface area contributed by atoms with Crippen molar-refractivity contribution in [3.8, 4) is 6.07 Å². The van der Waals surface area contributed by atoms with Crippen molar-refractivity contribution in [1.29, 1.82) is 5.26 Å². The Kier molecular flexibility index (Phi) is 3.56. The minimum Gasteiger partial charge on any atom is -0.397 e. The van der Waals surface area contributed by atoms with E-state index < -0.39 is 0 Å². The van der Waals surface area contributed by atoms with E-state index in [2.05, 4.69) is 6.07 Å². The van der Waals surface area contributed by atoms with E-state index in [1.807, 2.05) is 44.0 Å². The van der Waals surface area contributed by atoms with Gasteiger partial charge in [0.2, 0.25) is 0 Å². The van der Waals surface area contributed by atoms with E-state index in [1.54, 1.807) is 0 Å². The first-order valence-electron chi connectivity index (χ1n) is 5.02. The molecule has 0 aromatic heterocycles. The van der Waals surface area contributed by atoms with Crippen LogP contribution in [0.25, 0.3) is 0 Å². The summed E-state index contributed by atoms with van der Waals surface area (Å²) in [5.74, 6) is 0. The Balaban J connectivity index is 2.96. The Morgan fingerprint density at radius 2 is 2.20 bits per heavy atom. The van der Waals surface area contributed by atoms with Crippen molar-refractivity contribution in [1.82, 2.24) is 0 Å². The minimum absolute atomic E-state index is 0.180. The molecule has 0 aliphatic rings. The lowest BCUT2D eigenvalue weighted by atomic mass is 10.1. The van der Waals surface area contributed by atoms with Crippen LogP contribution < -0.4 is 10.6 Å². The molecule has 0 aliphatic heterocycles. The van der Waals surface area contributed by atoms with Gasteiger partial charge in [-0.05, 0) is 25.5 Å². The van der Waals surface area contributed by atoms with Gasteiger partial charge >= 0.3 is 0 Å². The number of benzene rings is 1. The fourth-order valence-electron chi connectivity index (χ4n) is 1.48. The van der Waals surface area contributed by atoms with Crippen LogP contribution >= 0.6 is 0 Å². The molecule has 1 atom stereocenters. The number of anilines is 2. The Morgan fingerprint density at radius 3 is 2.80 bits per heavy atom. The number of nitriles is 1. The summed E-state index contributed by atoms with van der Waals surface area (Å²) < 4.78 is 0. The molecule has 1 aromatic carbocycles. The van der Waals surface area contributed by atoms with Crippen molar-refractivity contribution in [3.05, 3.63) is 23.8 Å². The maximum atomic E-state index is 8.65. The molecule has 0 bridgehead atoms. The molecule has 0 spiro atoms. The van der Waals surface area contributed by atoms with E-state index in [1.165, 1.54) is 0 Å². The molecular formula is C12H17N3. The Hall–Kier alpha value is -1.69. The van der Waals surface area contributed by atoms with Crippen LogP contribution in [0.2, 0.25) is 0 Å². The first kappa shape index (κ1) is 11.4. The highest BCUT2D eigenvalue weighted by molar-refractivity contribution is 5.70. The van der Waals surface area contributed by atoms with Crippen LogP contribution in [0.4, 0.5) is 11.4 Å². The van der Waals surface area contributed by atoms with Gasteiger partial charge in [0.15, 0.2) is 0 Å². The van der Waals surface area contributed by atoms with Crippen LogP contribution in [0.3, 0.4) is 0 Å². The fourth-order valence-corrected chi connectivity index (χ4v) is 1.48. The molecule has 0 saturated carbocycles. The predicted molar refractivity (Wildman–Crippen MR) is 63.7 cm³/mol. The molecule has 3 nitrogen and oxygen atoms in total. The first-order chi connectivity index (χ1) is 7.07. The van der Waals surface area contributed by atoms with E-state index in [9.17, 15) is 0 Å². The highest BCUT2D eigenvalue weighted by Gasteiger charge is 2.12. The van der Waals surface area contributed by atoms with Gasteiger partial charge in [-0.15, -0.1) is 0 Å². The van der Waals surface area contributed by atoms with Crippen molar-refractivity contribution in [2.45, 2.75) is 26.3 Å². The zero-order valence-electron chi connectivity index (χ0n) is 9.49. The van der Waals surface area contributed by atoms with Crippen molar-refractivity contribution < 1.29 is 0 Å². The number of para-hydroxylation sites is 1. The molecule has 0 amide bonds. The smallest absolute Gasteiger partial charge is 0.0643 e. The molecule has 0 heterocycles. The van der Waals surface area contributed by atoms with Gasteiger partial charge in [0.1, 0.15) is 0 Å². The van der Waals surface area contributed by atoms with Crippen molar-refractivity contribution in [2.75, 3.05) is 17.7 Å². The van der Waals surface area contributed by atoms with E-state index in [4.69, 9.17) is 11.0 Å². The second-order valence-electron chi connectivity index (χ2n) is 3.83. The zero-order valence-corrected chi connectivity index (χ0v) is 9.49. The number of aryl methyl sites for hydroxylation is 1. The second-order valence-corrected chi connectivity index (χ2v) is 3.83. The third kappa shape index (κ3) is 2.41. The van der Waals surface area contributed by atoms with Crippen molar-refractivity contribution in [2.24, 2.45) is 0 Å². The van der Waals surface area contributed by atoms with Gasteiger partial charge in [0.05, 0.1) is 23.9 Å². The SMILES string of the molecule is Cc1cccc(N(C)C(C)CC#N)c1N. The summed E-state index contributed by atoms with van der Waals surface area (Å²) in [7, 11) is 1.97. The molecule has 80 valence electrons. The van der Waals surface area contributed by atoms with Crippen molar-refractivity contribution in [3.63, 3.8) is 0 Å². The molecule has 0 radical (unpaired) electrons. The predicted octanol–water partition coefficient (Wildman–Crippen LogP) is 2.32. The van der Waals surface area contributed by atoms with Crippen LogP contribution in [0.5, 0.6) is 0 Å². The first-order valence-corrected chi connectivity index (χ1v) is 5.02. The van der Waals surface area contributed by atoms with E-state index in [0.717, 1.165) is 16.9 Å². The normalized spacial score (nSPS) is 11.9. The minimum atomic E-state index is 0.180. The largest absolute Gasteiger partial charge is 0.397 e. The maximum Gasteiger partial charge on any atom is 0.0643 e. The average Bonchev–Trinajstić information content (AvgIpc) is 2.21. The summed E-state index contributed by atoms with van der Waals surface area (Å²) in [6.07, 6.45) is 0.504. The second kappa shape index (κ2) is 4.70. The van der Waals surface area contributed by atoms with Gasteiger partial charge in [-0.3, -0.25) is 0 Å². The van der Waals surface area contributed by atoms with Crippen LogP contribution in [-0.2, 0) is 0 Å². The highest BCUT2D eigenvalue weighted by atomic mass is 15.1. The molecule has 0 aliphatic carbocycles. The van der Waals surface area contributed by atoms with E-state index in [0.29, 0.717) is 6.42 Å². The van der Waals surface area contributed by atoms with E-state index >= 15 is 0 Å².